The summed E-state index contributed by atoms with van der Waals surface area (Å²) in [5, 5.41) is 3.77. The maximum atomic E-state index is 12.6. The Hall–Kier alpha value is -3.47. The highest BCUT2D eigenvalue weighted by atomic mass is 16.2. The molecule has 1 N–H and O–H groups in total. The van der Waals surface area contributed by atoms with E-state index in [4.69, 9.17) is 0 Å². The summed E-state index contributed by atoms with van der Waals surface area (Å²) in [4.78, 5) is 31.0. The lowest BCUT2D eigenvalue weighted by Crippen LogP contribution is -2.26. The van der Waals surface area contributed by atoms with E-state index in [1.165, 1.54) is 6.08 Å². The van der Waals surface area contributed by atoms with E-state index in [1.807, 2.05) is 55.5 Å². The number of fused-ring (bicyclic) bond motifs is 2. The molecule has 128 valence electrons. The van der Waals surface area contributed by atoms with Crippen molar-refractivity contribution in [1.29, 1.82) is 0 Å². The lowest BCUT2D eigenvalue weighted by Gasteiger charge is -2.13. The topological polar surface area (TPSA) is 62.3 Å². The van der Waals surface area contributed by atoms with Crippen molar-refractivity contribution in [3.63, 3.8) is 0 Å². The number of aromatic nitrogens is 1. The van der Waals surface area contributed by atoms with Gasteiger partial charge in [0.25, 0.3) is 5.91 Å². The first kappa shape index (κ1) is 16.0. The molecule has 0 radical (unpaired) electrons. The molecule has 5 nitrogen and oxygen atoms in total. The number of carbonyl (C=O) groups is 2. The minimum atomic E-state index is -0.329. The van der Waals surface area contributed by atoms with Gasteiger partial charge in [-0.05, 0) is 37.3 Å². The summed E-state index contributed by atoms with van der Waals surface area (Å²) in [6, 6.07) is 16.8. The third kappa shape index (κ3) is 2.73. The average Bonchev–Trinajstić information content (AvgIpc) is 2.93. The van der Waals surface area contributed by atoms with Crippen molar-refractivity contribution in [2.24, 2.45) is 0 Å². The summed E-state index contributed by atoms with van der Waals surface area (Å²) in [6.07, 6.45) is 3.11. The number of anilines is 2. The second-order valence-electron chi connectivity index (χ2n) is 6.02. The van der Waals surface area contributed by atoms with Crippen molar-refractivity contribution in [2.45, 2.75) is 6.92 Å². The molecule has 0 atom stereocenters. The van der Waals surface area contributed by atoms with E-state index in [1.54, 1.807) is 17.2 Å². The molecule has 5 heteroatoms. The van der Waals surface area contributed by atoms with Crippen molar-refractivity contribution >= 4 is 39.7 Å². The van der Waals surface area contributed by atoms with Crippen LogP contribution in [0.15, 0.2) is 66.9 Å². The number of likely N-dealkylation sites (N-methyl/N-ethyl adjacent to an activating group) is 1. The smallest absolute Gasteiger partial charge is 0.259 e. The third-order valence-corrected chi connectivity index (χ3v) is 4.42. The highest BCUT2D eigenvalue weighted by molar-refractivity contribution is 6.35. The second kappa shape index (κ2) is 6.44. The molecule has 0 bridgehead atoms. The van der Waals surface area contributed by atoms with Crippen molar-refractivity contribution in [1.82, 2.24) is 4.98 Å². The highest BCUT2D eigenvalue weighted by Gasteiger charge is 2.31. The van der Waals surface area contributed by atoms with E-state index in [2.05, 4.69) is 10.3 Å². The van der Waals surface area contributed by atoms with Gasteiger partial charge in [-0.15, -0.1) is 0 Å². The van der Waals surface area contributed by atoms with Crippen molar-refractivity contribution < 1.29 is 9.59 Å². The van der Waals surface area contributed by atoms with E-state index in [0.29, 0.717) is 17.8 Å². The maximum absolute atomic E-state index is 12.6. The number of para-hydroxylation sites is 1. The first-order chi connectivity index (χ1) is 12.7. The van der Waals surface area contributed by atoms with E-state index in [-0.39, 0.29) is 11.8 Å². The maximum Gasteiger partial charge on any atom is 0.259 e. The average molecular weight is 343 g/mol. The molecule has 1 aliphatic heterocycles. The molecular formula is C21H17N3O2. The highest BCUT2D eigenvalue weighted by Crippen LogP contribution is 2.36. The van der Waals surface area contributed by atoms with Crippen LogP contribution in [0.5, 0.6) is 0 Å². The van der Waals surface area contributed by atoms with Gasteiger partial charge in [-0.2, -0.15) is 0 Å². The molecule has 0 unspecified atom stereocenters. The van der Waals surface area contributed by atoms with E-state index in [9.17, 15) is 9.59 Å². The molecule has 26 heavy (non-hydrogen) atoms. The van der Waals surface area contributed by atoms with Crippen LogP contribution in [0.1, 0.15) is 12.5 Å². The third-order valence-electron chi connectivity index (χ3n) is 4.42. The zero-order chi connectivity index (χ0) is 18.1. The number of hydrogen-bond acceptors (Lipinski definition) is 3. The van der Waals surface area contributed by atoms with Crippen LogP contribution in [0.4, 0.5) is 11.4 Å². The molecule has 0 saturated carbocycles. The summed E-state index contributed by atoms with van der Waals surface area (Å²) in [6.45, 7) is 2.48. The largest absolute Gasteiger partial charge is 0.322 e. The van der Waals surface area contributed by atoms with Gasteiger partial charge in [0.05, 0.1) is 16.8 Å². The summed E-state index contributed by atoms with van der Waals surface area (Å²) in [5.41, 5.74) is 3.58. The summed E-state index contributed by atoms with van der Waals surface area (Å²) >= 11 is 0. The minimum absolute atomic E-state index is 0.147. The normalized spacial score (nSPS) is 14.7. The van der Waals surface area contributed by atoms with Crippen molar-refractivity contribution in [3.05, 3.63) is 72.4 Å². The number of nitrogens with one attached hydrogen (secondary N) is 1. The number of hydrogen-bond donors (Lipinski definition) is 1. The molecule has 0 aliphatic carbocycles. The zero-order valence-corrected chi connectivity index (χ0v) is 14.3. The second-order valence-corrected chi connectivity index (χ2v) is 6.02. The minimum Gasteiger partial charge on any atom is -0.322 e. The fraction of sp³-hybridized carbons (Fsp3) is 0.0952. The number of rotatable bonds is 3. The Kier molecular flexibility index (Phi) is 3.97. The van der Waals surface area contributed by atoms with Gasteiger partial charge in [-0.3, -0.25) is 14.6 Å². The summed E-state index contributed by atoms with van der Waals surface area (Å²) in [5.74, 6) is -0.476. The van der Waals surface area contributed by atoms with Gasteiger partial charge in [-0.25, -0.2) is 0 Å². The fourth-order valence-electron chi connectivity index (χ4n) is 3.22. The first-order valence-electron chi connectivity index (χ1n) is 8.46. The molecule has 0 spiro atoms. The Balaban J connectivity index is 1.63. The quantitative estimate of drug-likeness (QED) is 0.739. The van der Waals surface area contributed by atoms with Crippen LogP contribution in [-0.2, 0) is 9.59 Å². The zero-order valence-electron chi connectivity index (χ0n) is 14.3. The number of amides is 2. The SMILES string of the molecule is CCN1C(=O)/C(=C/C(=O)Nc2ccc3ncccc3c2)c2ccccc21. The predicted octanol–water partition coefficient (Wildman–Crippen LogP) is 3.62. The van der Waals surface area contributed by atoms with Gasteiger partial charge in [0, 0.05) is 35.5 Å². The molecule has 2 amide bonds. The van der Waals surface area contributed by atoms with Crippen molar-refractivity contribution in [2.75, 3.05) is 16.8 Å². The molecule has 2 aromatic carbocycles. The molecule has 1 aromatic heterocycles. The molecule has 2 heterocycles. The summed E-state index contributed by atoms with van der Waals surface area (Å²) in [7, 11) is 0. The number of nitrogens with zero attached hydrogens (tertiary/aromatic N) is 2. The van der Waals surface area contributed by atoms with E-state index >= 15 is 0 Å². The van der Waals surface area contributed by atoms with Gasteiger partial charge < -0.3 is 10.2 Å². The van der Waals surface area contributed by atoms with Crippen molar-refractivity contribution in [3.8, 4) is 0 Å². The van der Waals surface area contributed by atoms with Crippen LogP contribution in [0.3, 0.4) is 0 Å². The molecule has 4 rings (SSSR count). The molecular weight excluding hydrogens is 326 g/mol. The standard InChI is InChI=1S/C21H17N3O2/c1-2-24-19-8-4-3-7-16(19)17(21(24)26)13-20(25)23-15-9-10-18-14(12-15)6-5-11-22-18/h3-13H,2H2,1H3,(H,23,25)/b17-13+. The van der Waals surface area contributed by atoms with Crippen LogP contribution in [0.25, 0.3) is 16.5 Å². The molecule has 3 aromatic rings. The number of pyridine rings is 1. The van der Waals surface area contributed by atoms with Crippen LogP contribution in [-0.4, -0.2) is 23.3 Å². The Bertz CT molecular complexity index is 1060. The molecule has 1 aliphatic rings. The Labute approximate surface area is 151 Å². The first-order valence-corrected chi connectivity index (χ1v) is 8.46. The monoisotopic (exact) mass is 343 g/mol. The van der Waals surface area contributed by atoms with Gasteiger partial charge >= 0.3 is 0 Å². The van der Waals surface area contributed by atoms with Crippen LogP contribution in [0.2, 0.25) is 0 Å². The molecule has 0 saturated heterocycles. The Morgan fingerprint density at radius 1 is 1.15 bits per heavy atom. The Morgan fingerprint density at radius 2 is 2.00 bits per heavy atom. The van der Waals surface area contributed by atoms with E-state index < -0.39 is 0 Å². The van der Waals surface area contributed by atoms with E-state index in [0.717, 1.165) is 22.2 Å². The van der Waals surface area contributed by atoms with Gasteiger partial charge in [0.15, 0.2) is 0 Å². The van der Waals surface area contributed by atoms with Gasteiger partial charge in [0.2, 0.25) is 5.91 Å². The van der Waals surface area contributed by atoms with Crippen LogP contribution >= 0.6 is 0 Å². The molecule has 0 fully saturated rings. The number of benzene rings is 2. The predicted molar refractivity (Wildman–Crippen MR) is 103 cm³/mol. The summed E-state index contributed by atoms with van der Waals surface area (Å²) < 4.78 is 0. The van der Waals surface area contributed by atoms with Crippen LogP contribution in [0, 0.1) is 0 Å². The lowest BCUT2D eigenvalue weighted by molar-refractivity contribution is -0.114. The van der Waals surface area contributed by atoms with Gasteiger partial charge in [-0.1, -0.05) is 24.3 Å². The number of carbonyl (C=O) groups excluding carboxylic acids is 2. The lowest BCUT2D eigenvalue weighted by atomic mass is 10.1. The van der Waals surface area contributed by atoms with Gasteiger partial charge in [0.1, 0.15) is 0 Å². The fourth-order valence-corrected chi connectivity index (χ4v) is 3.22. The van der Waals surface area contributed by atoms with Crippen LogP contribution < -0.4 is 10.2 Å². The Morgan fingerprint density at radius 3 is 2.85 bits per heavy atom.